The quantitative estimate of drug-likeness (QED) is 0.537. The highest BCUT2D eigenvalue weighted by Gasteiger charge is 2.10. The van der Waals surface area contributed by atoms with Gasteiger partial charge in [-0.2, -0.15) is 0 Å². The number of hydrogen-bond acceptors (Lipinski definition) is 1. The van der Waals surface area contributed by atoms with E-state index in [9.17, 15) is 0 Å². The van der Waals surface area contributed by atoms with Crippen LogP contribution in [0.15, 0.2) is 85.2 Å². The molecule has 4 aromatic rings. The van der Waals surface area contributed by atoms with E-state index in [0.29, 0.717) is 0 Å². The monoisotopic (exact) mass is 284 g/mol. The lowest BCUT2D eigenvalue weighted by atomic mass is 10.1. The first kappa shape index (κ1) is 12.8. The largest absolute Gasteiger partial charge is 0.313 e. The Hall–Kier alpha value is -2.87. The number of para-hydroxylation sites is 1. The molecule has 0 aliphatic carbocycles. The zero-order valence-corrected chi connectivity index (χ0v) is 12.2. The van der Waals surface area contributed by atoms with Gasteiger partial charge in [-0.05, 0) is 29.8 Å². The fraction of sp³-hybridized carbons (Fsp3) is 0.0500. The van der Waals surface area contributed by atoms with Crippen molar-refractivity contribution in [3.05, 3.63) is 96.4 Å². The highest BCUT2D eigenvalue weighted by molar-refractivity contribution is 5.83. The Bertz CT molecular complexity index is 893. The van der Waals surface area contributed by atoms with E-state index in [2.05, 4.69) is 82.3 Å². The first-order valence-electron chi connectivity index (χ1n) is 7.45. The number of fused-ring (bicyclic) bond motifs is 1. The van der Waals surface area contributed by atoms with Gasteiger partial charge in [0.15, 0.2) is 0 Å². The second kappa shape index (κ2) is 5.49. The Kier molecular flexibility index (Phi) is 3.20. The van der Waals surface area contributed by atoms with Crippen molar-refractivity contribution in [2.45, 2.75) is 6.42 Å². The summed E-state index contributed by atoms with van der Waals surface area (Å²) >= 11 is 0. The minimum atomic E-state index is 0.915. The third-order valence-electron chi connectivity index (χ3n) is 3.94. The van der Waals surface area contributed by atoms with Gasteiger partial charge in [-0.15, -0.1) is 0 Å². The summed E-state index contributed by atoms with van der Waals surface area (Å²) in [5.74, 6) is 0. The fourth-order valence-corrected chi connectivity index (χ4v) is 2.95. The summed E-state index contributed by atoms with van der Waals surface area (Å²) in [4.78, 5) is 4.14. The van der Waals surface area contributed by atoms with Crippen LogP contribution in [0.2, 0.25) is 0 Å². The van der Waals surface area contributed by atoms with Crippen molar-refractivity contribution in [2.24, 2.45) is 0 Å². The van der Waals surface area contributed by atoms with Crippen LogP contribution < -0.4 is 0 Å². The van der Waals surface area contributed by atoms with E-state index in [1.165, 1.54) is 22.2 Å². The maximum absolute atomic E-state index is 4.14. The second-order valence-corrected chi connectivity index (χ2v) is 5.40. The van der Waals surface area contributed by atoms with Crippen LogP contribution in [0.5, 0.6) is 0 Å². The molecule has 2 heterocycles. The van der Waals surface area contributed by atoms with Crippen LogP contribution in [-0.2, 0) is 6.42 Å². The van der Waals surface area contributed by atoms with Crippen molar-refractivity contribution in [1.82, 2.24) is 9.55 Å². The Morgan fingerprint density at radius 1 is 0.773 bits per heavy atom. The lowest BCUT2D eigenvalue weighted by molar-refractivity contribution is 0.982. The van der Waals surface area contributed by atoms with Crippen LogP contribution in [0.25, 0.3) is 16.6 Å². The summed E-state index contributed by atoms with van der Waals surface area (Å²) in [6, 6.07) is 25.5. The lowest BCUT2D eigenvalue weighted by Gasteiger charge is -2.11. The van der Waals surface area contributed by atoms with E-state index in [0.717, 1.165) is 12.1 Å². The van der Waals surface area contributed by atoms with Crippen LogP contribution >= 0.6 is 0 Å². The van der Waals surface area contributed by atoms with E-state index < -0.39 is 0 Å². The molecule has 2 nitrogen and oxygen atoms in total. The molecule has 2 aromatic heterocycles. The van der Waals surface area contributed by atoms with Gasteiger partial charge in [0.2, 0.25) is 0 Å². The third kappa shape index (κ3) is 2.29. The van der Waals surface area contributed by atoms with Gasteiger partial charge in [0.05, 0.1) is 5.52 Å². The molecule has 0 radical (unpaired) electrons. The molecule has 0 aliphatic rings. The lowest BCUT2D eigenvalue weighted by Crippen LogP contribution is -2.01. The summed E-state index contributed by atoms with van der Waals surface area (Å²) in [6.07, 6.45) is 4.60. The molecule has 0 N–H and O–H groups in total. The van der Waals surface area contributed by atoms with Crippen LogP contribution in [0, 0.1) is 0 Å². The number of benzene rings is 2. The van der Waals surface area contributed by atoms with E-state index in [-0.39, 0.29) is 0 Å². The topological polar surface area (TPSA) is 17.8 Å². The normalized spacial score (nSPS) is 10.9. The van der Waals surface area contributed by atoms with E-state index in [4.69, 9.17) is 0 Å². The average molecular weight is 284 g/mol. The van der Waals surface area contributed by atoms with Gasteiger partial charge in [0, 0.05) is 35.6 Å². The Balaban J connectivity index is 1.90. The number of pyridine rings is 1. The first-order valence-corrected chi connectivity index (χ1v) is 7.45. The smallest absolute Gasteiger partial charge is 0.0531 e. The highest BCUT2D eigenvalue weighted by atomic mass is 15.0. The molecule has 0 saturated carbocycles. The molecule has 22 heavy (non-hydrogen) atoms. The van der Waals surface area contributed by atoms with Gasteiger partial charge in [-0.25, -0.2) is 0 Å². The first-order chi connectivity index (χ1) is 10.9. The van der Waals surface area contributed by atoms with Crippen molar-refractivity contribution >= 4 is 10.9 Å². The fourth-order valence-electron chi connectivity index (χ4n) is 2.95. The van der Waals surface area contributed by atoms with Crippen molar-refractivity contribution in [2.75, 3.05) is 0 Å². The molecule has 0 bridgehead atoms. The molecule has 0 fully saturated rings. The zero-order valence-electron chi connectivity index (χ0n) is 12.2. The van der Waals surface area contributed by atoms with Crippen molar-refractivity contribution in [3.8, 4) is 5.69 Å². The SMILES string of the molecule is c1ccc(Cc2cc3ccccc3n2-c2ccncc2)cc1. The van der Waals surface area contributed by atoms with E-state index in [1.807, 2.05) is 12.4 Å². The summed E-state index contributed by atoms with van der Waals surface area (Å²) in [5.41, 5.74) is 5.00. The molecule has 0 unspecified atom stereocenters. The van der Waals surface area contributed by atoms with Gasteiger partial charge < -0.3 is 4.57 Å². The van der Waals surface area contributed by atoms with Crippen LogP contribution in [0.3, 0.4) is 0 Å². The molecule has 0 spiro atoms. The van der Waals surface area contributed by atoms with Crippen molar-refractivity contribution < 1.29 is 0 Å². The van der Waals surface area contributed by atoms with E-state index >= 15 is 0 Å². The van der Waals surface area contributed by atoms with Gasteiger partial charge in [-0.3, -0.25) is 4.98 Å². The number of hydrogen-bond donors (Lipinski definition) is 0. The number of nitrogens with zero attached hydrogens (tertiary/aromatic N) is 2. The number of rotatable bonds is 3. The molecule has 0 atom stereocenters. The van der Waals surface area contributed by atoms with Gasteiger partial charge in [0.1, 0.15) is 0 Å². The summed E-state index contributed by atoms with van der Waals surface area (Å²) in [6.45, 7) is 0. The molecular weight excluding hydrogens is 268 g/mol. The molecule has 0 aliphatic heterocycles. The Morgan fingerprint density at radius 2 is 1.50 bits per heavy atom. The molecular formula is C20H16N2. The van der Waals surface area contributed by atoms with Crippen molar-refractivity contribution in [3.63, 3.8) is 0 Å². The van der Waals surface area contributed by atoms with Crippen LogP contribution in [0.1, 0.15) is 11.3 Å². The molecule has 2 heteroatoms. The minimum Gasteiger partial charge on any atom is -0.313 e. The Labute approximate surface area is 129 Å². The third-order valence-corrected chi connectivity index (χ3v) is 3.94. The molecule has 2 aromatic carbocycles. The summed E-state index contributed by atoms with van der Waals surface area (Å²) in [5, 5.41) is 1.27. The van der Waals surface area contributed by atoms with Crippen LogP contribution in [0.4, 0.5) is 0 Å². The molecule has 0 amide bonds. The van der Waals surface area contributed by atoms with E-state index in [1.54, 1.807) is 0 Å². The standard InChI is InChI=1S/C20H16N2/c1-2-6-16(7-3-1)14-19-15-17-8-4-5-9-20(17)22(19)18-10-12-21-13-11-18/h1-13,15H,14H2. The molecule has 4 rings (SSSR count). The maximum atomic E-state index is 4.14. The van der Waals surface area contributed by atoms with Gasteiger partial charge in [0.25, 0.3) is 0 Å². The summed E-state index contributed by atoms with van der Waals surface area (Å²) < 4.78 is 2.32. The second-order valence-electron chi connectivity index (χ2n) is 5.40. The van der Waals surface area contributed by atoms with Crippen molar-refractivity contribution in [1.29, 1.82) is 0 Å². The highest BCUT2D eigenvalue weighted by Crippen LogP contribution is 2.25. The zero-order chi connectivity index (χ0) is 14.8. The molecule has 106 valence electrons. The van der Waals surface area contributed by atoms with Gasteiger partial charge in [-0.1, -0.05) is 48.5 Å². The molecule has 0 saturated heterocycles. The number of aromatic nitrogens is 2. The minimum absolute atomic E-state index is 0.915. The van der Waals surface area contributed by atoms with Gasteiger partial charge >= 0.3 is 0 Å². The average Bonchev–Trinajstić information content (AvgIpc) is 2.94. The maximum Gasteiger partial charge on any atom is 0.0531 e. The van der Waals surface area contributed by atoms with Crippen LogP contribution in [-0.4, -0.2) is 9.55 Å². The predicted molar refractivity (Wildman–Crippen MR) is 90.3 cm³/mol. The predicted octanol–water partition coefficient (Wildman–Crippen LogP) is 4.62. The summed E-state index contributed by atoms with van der Waals surface area (Å²) in [7, 11) is 0. The Morgan fingerprint density at radius 3 is 2.32 bits per heavy atom.